The number of aliphatic hydroxyl groups is 2. The fourth-order valence-corrected chi connectivity index (χ4v) is 1.87. The fraction of sp³-hybridized carbons (Fsp3) is 0.417. The summed E-state index contributed by atoms with van der Waals surface area (Å²) < 4.78 is 0. The molecule has 0 saturated heterocycles. The molecule has 0 spiro atoms. The van der Waals surface area contributed by atoms with Crippen molar-refractivity contribution in [3.05, 3.63) is 39.9 Å². The second-order valence-corrected chi connectivity index (χ2v) is 5.30. The summed E-state index contributed by atoms with van der Waals surface area (Å²) in [5, 5.41) is 29.8. The fourth-order valence-electron chi connectivity index (χ4n) is 1.69. The minimum absolute atomic E-state index is 0.112. The van der Waals surface area contributed by atoms with Crippen LogP contribution in [0.4, 0.5) is 5.69 Å². The molecular formula is C12H13Cl2NO5. The van der Waals surface area contributed by atoms with Gasteiger partial charge in [-0.1, -0.05) is 23.2 Å². The normalized spacial score (nSPS) is 14.1. The minimum atomic E-state index is -1.21. The largest absolute Gasteiger partial charge is 0.396 e. The number of benzene rings is 1. The summed E-state index contributed by atoms with van der Waals surface area (Å²) >= 11 is 10.8. The Hall–Kier alpha value is -1.21. The summed E-state index contributed by atoms with van der Waals surface area (Å²) in [6.07, 6.45) is -1.33. The van der Waals surface area contributed by atoms with E-state index in [0.29, 0.717) is 5.56 Å². The van der Waals surface area contributed by atoms with Gasteiger partial charge in [0.15, 0.2) is 10.6 Å². The molecule has 0 bridgehead atoms. The van der Waals surface area contributed by atoms with E-state index in [4.69, 9.17) is 23.2 Å². The van der Waals surface area contributed by atoms with Gasteiger partial charge in [0.1, 0.15) is 0 Å². The molecule has 0 aliphatic carbocycles. The van der Waals surface area contributed by atoms with E-state index in [0.717, 1.165) is 0 Å². The number of nitrogens with zero attached hydrogens (tertiary/aromatic N) is 1. The van der Waals surface area contributed by atoms with E-state index in [1.165, 1.54) is 24.3 Å². The molecule has 0 unspecified atom stereocenters. The van der Waals surface area contributed by atoms with Crippen molar-refractivity contribution in [3.8, 4) is 0 Å². The van der Waals surface area contributed by atoms with Crippen LogP contribution < -0.4 is 0 Å². The first-order valence-electron chi connectivity index (χ1n) is 5.71. The van der Waals surface area contributed by atoms with Gasteiger partial charge in [0.2, 0.25) is 0 Å². The molecule has 2 N–H and O–H groups in total. The number of rotatable bonds is 7. The van der Waals surface area contributed by atoms with Crippen LogP contribution in [0.5, 0.6) is 0 Å². The Morgan fingerprint density at radius 1 is 1.30 bits per heavy atom. The third-order valence-electron chi connectivity index (χ3n) is 2.83. The van der Waals surface area contributed by atoms with Crippen molar-refractivity contribution in [1.82, 2.24) is 0 Å². The van der Waals surface area contributed by atoms with Crippen LogP contribution in [0.3, 0.4) is 0 Å². The molecule has 0 aliphatic heterocycles. The van der Waals surface area contributed by atoms with Gasteiger partial charge in [-0.25, -0.2) is 0 Å². The molecule has 0 aliphatic rings. The van der Waals surface area contributed by atoms with E-state index >= 15 is 0 Å². The quantitative estimate of drug-likeness (QED) is 0.454. The van der Waals surface area contributed by atoms with Crippen molar-refractivity contribution in [2.75, 3.05) is 6.61 Å². The number of halogens is 2. The second kappa shape index (κ2) is 7.54. The van der Waals surface area contributed by atoms with E-state index in [1.807, 2.05) is 0 Å². The Balaban J connectivity index is 2.82. The van der Waals surface area contributed by atoms with Crippen molar-refractivity contribution < 1.29 is 19.9 Å². The van der Waals surface area contributed by atoms with Crippen LogP contribution in [0.2, 0.25) is 0 Å². The number of Topliss-reactive ketones (excluding diaryl/α,β-unsaturated/α-hetero) is 1. The van der Waals surface area contributed by atoms with Gasteiger partial charge in [-0.2, -0.15) is 0 Å². The summed E-state index contributed by atoms with van der Waals surface area (Å²) in [7, 11) is 0. The van der Waals surface area contributed by atoms with Crippen molar-refractivity contribution in [2.24, 2.45) is 5.92 Å². The Labute approximate surface area is 125 Å². The lowest BCUT2D eigenvalue weighted by molar-refractivity contribution is -0.384. The van der Waals surface area contributed by atoms with Gasteiger partial charge < -0.3 is 10.2 Å². The number of nitro benzene ring substituents is 1. The molecule has 2 atom stereocenters. The molecule has 0 fully saturated rings. The lowest BCUT2D eigenvalue weighted by atomic mass is 9.92. The Kier molecular flexibility index (Phi) is 6.35. The van der Waals surface area contributed by atoms with E-state index in [2.05, 4.69) is 0 Å². The summed E-state index contributed by atoms with van der Waals surface area (Å²) in [6.45, 7) is -0.440. The zero-order valence-electron chi connectivity index (χ0n) is 10.3. The number of carbonyl (C=O) groups is 1. The highest BCUT2D eigenvalue weighted by molar-refractivity contribution is 6.53. The summed E-state index contributed by atoms with van der Waals surface area (Å²) in [6, 6.07) is 5.21. The van der Waals surface area contributed by atoms with Gasteiger partial charge in [-0.3, -0.25) is 14.9 Å². The zero-order chi connectivity index (χ0) is 15.3. The predicted octanol–water partition coefficient (Wildman–Crippen LogP) is 2.00. The van der Waals surface area contributed by atoms with E-state index in [-0.39, 0.29) is 12.1 Å². The van der Waals surface area contributed by atoms with E-state index in [1.54, 1.807) is 0 Å². The van der Waals surface area contributed by atoms with E-state index < -0.39 is 34.2 Å². The molecule has 0 amide bonds. The minimum Gasteiger partial charge on any atom is -0.396 e. The number of alkyl halides is 2. The molecule has 8 heteroatoms. The van der Waals surface area contributed by atoms with Crippen LogP contribution in [0.1, 0.15) is 18.1 Å². The first-order chi connectivity index (χ1) is 9.36. The average Bonchev–Trinajstić information content (AvgIpc) is 2.43. The van der Waals surface area contributed by atoms with Gasteiger partial charge in [-0.05, 0) is 17.7 Å². The molecule has 1 rings (SSSR count). The third-order valence-corrected chi connectivity index (χ3v) is 3.32. The number of hydrogen-bond acceptors (Lipinski definition) is 5. The van der Waals surface area contributed by atoms with Gasteiger partial charge in [0.05, 0.1) is 11.0 Å². The number of non-ortho nitro benzene ring substituents is 1. The molecule has 0 heterocycles. The Morgan fingerprint density at radius 2 is 1.85 bits per heavy atom. The highest BCUT2D eigenvalue weighted by Gasteiger charge is 2.25. The number of ketones is 1. The van der Waals surface area contributed by atoms with E-state index in [9.17, 15) is 25.1 Å². The van der Waals surface area contributed by atoms with Gasteiger partial charge in [0.25, 0.3) is 5.69 Å². The number of nitro groups is 1. The van der Waals surface area contributed by atoms with Gasteiger partial charge >= 0.3 is 0 Å². The van der Waals surface area contributed by atoms with Gasteiger partial charge in [-0.15, -0.1) is 0 Å². The van der Waals surface area contributed by atoms with Crippen LogP contribution >= 0.6 is 23.2 Å². The van der Waals surface area contributed by atoms with Crippen molar-refractivity contribution in [3.63, 3.8) is 0 Å². The number of hydrogen-bond donors (Lipinski definition) is 2. The standard InChI is InChI=1S/C12H13Cl2NO5/c13-12(14)10(17)5-8(6-16)11(18)7-1-3-9(4-2-7)15(19)20/h1-4,8,11-12,16,18H,5-6H2/t8-,11-/m1/s1. The van der Waals surface area contributed by atoms with Crippen molar-refractivity contribution >= 4 is 34.7 Å². The van der Waals surface area contributed by atoms with Crippen LogP contribution in [-0.2, 0) is 4.79 Å². The number of aliphatic hydroxyl groups excluding tert-OH is 2. The van der Waals surface area contributed by atoms with Crippen LogP contribution in [0.25, 0.3) is 0 Å². The summed E-state index contributed by atoms with van der Waals surface area (Å²) in [5.41, 5.74) is 0.252. The lowest BCUT2D eigenvalue weighted by Gasteiger charge is -2.20. The van der Waals surface area contributed by atoms with Crippen LogP contribution in [-0.4, -0.2) is 32.4 Å². The highest BCUT2D eigenvalue weighted by atomic mass is 35.5. The molecule has 0 saturated carbocycles. The maximum Gasteiger partial charge on any atom is 0.269 e. The molecule has 0 aromatic heterocycles. The monoisotopic (exact) mass is 321 g/mol. The highest BCUT2D eigenvalue weighted by Crippen LogP contribution is 2.27. The molecular weight excluding hydrogens is 309 g/mol. The molecule has 110 valence electrons. The molecule has 6 nitrogen and oxygen atoms in total. The van der Waals surface area contributed by atoms with Crippen molar-refractivity contribution in [1.29, 1.82) is 0 Å². The molecule has 1 aromatic rings. The van der Waals surface area contributed by atoms with Crippen LogP contribution in [0, 0.1) is 16.0 Å². The summed E-state index contributed by atoms with van der Waals surface area (Å²) in [5.74, 6) is -1.28. The van der Waals surface area contributed by atoms with Crippen LogP contribution in [0.15, 0.2) is 24.3 Å². The molecule has 20 heavy (non-hydrogen) atoms. The topological polar surface area (TPSA) is 101 Å². The molecule has 0 radical (unpaired) electrons. The summed E-state index contributed by atoms with van der Waals surface area (Å²) in [4.78, 5) is 20.2. The second-order valence-electron chi connectivity index (χ2n) is 4.21. The SMILES string of the molecule is O=C(C[C@H](CO)[C@H](O)c1ccc([N+](=O)[O-])cc1)C(Cl)Cl. The Bertz CT molecular complexity index is 477. The Morgan fingerprint density at radius 3 is 2.25 bits per heavy atom. The third kappa shape index (κ3) is 4.42. The average molecular weight is 322 g/mol. The van der Waals surface area contributed by atoms with Gasteiger partial charge in [0, 0.05) is 31.1 Å². The smallest absolute Gasteiger partial charge is 0.269 e. The molecule has 1 aromatic carbocycles. The maximum absolute atomic E-state index is 11.4. The maximum atomic E-state index is 11.4. The first kappa shape index (κ1) is 16.8. The number of carbonyl (C=O) groups excluding carboxylic acids is 1. The van der Waals surface area contributed by atoms with Crippen molar-refractivity contribution in [2.45, 2.75) is 17.4 Å². The predicted molar refractivity (Wildman–Crippen MR) is 73.8 cm³/mol. The lowest BCUT2D eigenvalue weighted by Crippen LogP contribution is -2.22. The zero-order valence-corrected chi connectivity index (χ0v) is 11.8. The first-order valence-corrected chi connectivity index (χ1v) is 6.58.